The van der Waals surface area contributed by atoms with Crippen molar-refractivity contribution in [3.05, 3.63) is 117 Å². The van der Waals surface area contributed by atoms with Gasteiger partial charge in [-0.1, -0.05) is 30.9 Å². The average molecular weight is 998 g/mol. The van der Waals surface area contributed by atoms with Crippen LogP contribution in [-0.4, -0.2) is 125 Å². The number of esters is 1. The molecule has 3 heterocycles. The zero-order valence-electron chi connectivity index (χ0n) is 42.0. The molecule has 0 saturated heterocycles. The average Bonchev–Trinajstić information content (AvgIpc) is 4.04. The van der Waals surface area contributed by atoms with E-state index in [4.69, 9.17) is 42.6 Å². The number of rotatable bonds is 16. The number of carbonyl (C=O) groups excluding carboxylic acids is 1. The number of carbonyl (C=O) groups is 1. The van der Waals surface area contributed by atoms with Crippen molar-refractivity contribution in [2.75, 3.05) is 123 Å². The van der Waals surface area contributed by atoms with Crippen LogP contribution in [0, 0.1) is 13.8 Å². The molecule has 13 nitrogen and oxygen atoms in total. The zero-order chi connectivity index (χ0) is 49.9. The van der Waals surface area contributed by atoms with Gasteiger partial charge in [0, 0.05) is 65.2 Å². The van der Waals surface area contributed by atoms with Crippen LogP contribution in [0.5, 0.6) is 17.2 Å². The van der Waals surface area contributed by atoms with Crippen molar-refractivity contribution in [2.45, 2.75) is 41.2 Å². The Morgan fingerprint density at radius 3 is 2.20 bits per heavy atom. The van der Waals surface area contributed by atoms with Gasteiger partial charge in [0.05, 0.1) is 70.7 Å². The first kappa shape index (κ1) is 55.4. The maximum Gasteiger partial charge on any atom is 0.333 e. The van der Waals surface area contributed by atoms with Crippen LogP contribution >= 0.6 is 22.7 Å². The molecule has 5 aromatic rings. The van der Waals surface area contributed by atoms with Crippen molar-refractivity contribution in [1.82, 2.24) is 0 Å². The number of methoxy groups -OCH3 is 2. The lowest BCUT2D eigenvalue weighted by Crippen LogP contribution is -2.33. The van der Waals surface area contributed by atoms with Gasteiger partial charge in [0.1, 0.15) is 49.4 Å². The summed E-state index contributed by atoms with van der Waals surface area (Å²) < 4.78 is 51.7. The number of ether oxygens (including phenoxy) is 9. The molecule has 70 heavy (non-hydrogen) atoms. The Balaban J connectivity index is 0.00000121. The molecule has 15 heteroatoms. The molecule has 2 aromatic heterocycles. The van der Waals surface area contributed by atoms with E-state index in [1.807, 2.05) is 38.1 Å². The Hall–Kier alpha value is -5.52. The Labute approximate surface area is 423 Å². The van der Waals surface area contributed by atoms with Gasteiger partial charge in [0.2, 0.25) is 0 Å². The van der Waals surface area contributed by atoms with Gasteiger partial charge >= 0.3 is 5.97 Å². The lowest BCUT2D eigenvalue weighted by Gasteiger charge is -2.29. The van der Waals surface area contributed by atoms with Crippen LogP contribution in [0.1, 0.15) is 47.2 Å². The number of benzene rings is 3. The third-order valence-electron chi connectivity index (χ3n) is 10.7. The van der Waals surface area contributed by atoms with Crippen LogP contribution in [0.4, 0.5) is 17.1 Å². The topological polar surface area (TPSA) is 119 Å². The first-order valence-corrected chi connectivity index (χ1v) is 25.4. The number of aryl methyl sites for hydroxylation is 2. The van der Waals surface area contributed by atoms with Crippen molar-refractivity contribution in [2.24, 2.45) is 4.99 Å². The predicted octanol–water partition coefficient (Wildman–Crippen LogP) is 11.1. The quantitative estimate of drug-likeness (QED) is 0.0532. The number of hydrogen-bond donors (Lipinski definition) is 0. The molecule has 0 fully saturated rings. The minimum atomic E-state index is -0.382. The van der Waals surface area contributed by atoms with Crippen LogP contribution in [0.15, 0.2) is 96.0 Å². The molecular formula is C55H71N3O10S2. The molecule has 0 N–H and O–H groups in total. The van der Waals surface area contributed by atoms with Crippen LogP contribution in [0.2, 0.25) is 0 Å². The van der Waals surface area contributed by atoms with Gasteiger partial charge in [0.25, 0.3) is 0 Å². The molecule has 6 rings (SSSR count). The lowest BCUT2D eigenvalue weighted by atomic mass is 10.1. The molecule has 0 aliphatic carbocycles. The summed E-state index contributed by atoms with van der Waals surface area (Å²) in [5.74, 6) is 1.89. The van der Waals surface area contributed by atoms with E-state index >= 15 is 0 Å². The van der Waals surface area contributed by atoms with E-state index in [-0.39, 0.29) is 12.6 Å². The summed E-state index contributed by atoms with van der Waals surface area (Å²) in [7, 11) is 3.34. The molecule has 0 amide bonds. The molecule has 0 spiro atoms. The molecule has 0 bridgehead atoms. The monoisotopic (exact) mass is 997 g/mol. The molecular weight excluding hydrogens is 927 g/mol. The normalized spacial score (nSPS) is 14.0. The fraction of sp³-hybridized carbons (Fsp3) is 0.418. The molecule has 1 aliphatic rings. The fourth-order valence-corrected chi connectivity index (χ4v) is 8.90. The standard InChI is InChI=1S/C50H59N3O8S2.C5H12O2/c1-7-52-21-25-57-30-29-56-24-20-51-42-15-8-37(4)32-45(42)58-26-22-53(23-27-59-46-33-38(5)9-16-43(46)52)44-17-11-39(34-47(44)60-31-28-55-6)10-12-40-13-18-48(62-40)49-19-14-41(63-49)35-61-50(54)36(2)3;1-3-7-5-4-6-2/h8-20,32-34H,2,7,21-31,35H2,1,3-6H3;3-5H2,1-2H3/b12-10+,51-20?;. The van der Waals surface area contributed by atoms with Gasteiger partial charge in [-0.05, 0) is 118 Å². The van der Waals surface area contributed by atoms with Crippen LogP contribution < -0.4 is 24.0 Å². The van der Waals surface area contributed by atoms with E-state index < -0.39 is 0 Å². The van der Waals surface area contributed by atoms with Gasteiger partial charge in [0.15, 0.2) is 0 Å². The number of fused-ring (bicyclic) bond motifs is 2. The Morgan fingerprint density at radius 2 is 1.44 bits per heavy atom. The Bertz CT molecular complexity index is 2410. The SMILES string of the molecule is C=C(C)C(=O)OCc1ccc(-c2ccc(/C=C/c3ccc(N4CCOc5cc(C)ccc5N=CCOCCOCCN(CC)c5ccc(C)cc5OCC4)c(OCCOC)c3)s2)s1.CCOCCOC. The molecule has 3 aromatic carbocycles. The Kier molecular flexibility index (Phi) is 24.5. The highest BCUT2D eigenvalue weighted by Crippen LogP contribution is 2.36. The van der Waals surface area contributed by atoms with Crippen molar-refractivity contribution in [3.8, 4) is 27.0 Å². The second-order valence-electron chi connectivity index (χ2n) is 16.1. The predicted molar refractivity (Wildman–Crippen MR) is 287 cm³/mol. The smallest absolute Gasteiger partial charge is 0.333 e. The highest BCUT2D eigenvalue weighted by Gasteiger charge is 2.18. The number of aliphatic imine (C=N–C) groups is 1. The number of likely N-dealkylation sites (N-methyl/N-ethyl adjacent to an activating group) is 1. The van der Waals surface area contributed by atoms with Crippen LogP contribution in [0.3, 0.4) is 0 Å². The minimum Gasteiger partial charge on any atom is -0.490 e. The second kappa shape index (κ2) is 31.0. The van der Waals surface area contributed by atoms with Crippen LogP contribution in [0.25, 0.3) is 21.9 Å². The molecule has 0 radical (unpaired) electrons. The van der Waals surface area contributed by atoms with Gasteiger partial charge < -0.3 is 52.4 Å². The summed E-state index contributed by atoms with van der Waals surface area (Å²) in [5, 5.41) is 0. The highest BCUT2D eigenvalue weighted by molar-refractivity contribution is 7.22. The molecule has 0 atom stereocenters. The van der Waals surface area contributed by atoms with Gasteiger partial charge in [-0.15, -0.1) is 22.7 Å². The van der Waals surface area contributed by atoms with E-state index in [9.17, 15) is 4.79 Å². The summed E-state index contributed by atoms with van der Waals surface area (Å²) in [6, 6.07) is 27.0. The van der Waals surface area contributed by atoms with E-state index in [2.05, 4.69) is 102 Å². The molecule has 0 saturated carbocycles. The van der Waals surface area contributed by atoms with Crippen molar-refractivity contribution in [3.63, 3.8) is 0 Å². The van der Waals surface area contributed by atoms with Crippen LogP contribution in [-0.2, 0) is 39.8 Å². The van der Waals surface area contributed by atoms with Crippen molar-refractivity contribution >= 4 is 64.1 Å². The summed E-state index contributed by atoms with van der Waals surface area (Å²) in [6.45, 7) is 22.2. The molecule has 1 aliphatic heterocycles. The largest absolute Gasteiger partial charge is 0.490 e. The molecule has 378 valence electrons. The summed E-state index contributed by atoms with van der Waals surface area (Å²) in [5.41, 5.74) is 6.29. The fourth-order valence-electron chi connectivity index (χ4n) is 6.98. The summed E-state index contributed by atoms with van der Waals surface area (Å²) in [4.78, 5) is 25.5. The second-order valence-corrected chi connectivity index (χ2v) is 18.4. The number of hydrogen-bond acceptors (Lipinski definition) is 15. The van der Waals surface area contributed by atoms with Crippen molar-refractivity contribution in [1.29, 1.82) is 0 Å². The van der Waals surface area contributed by atoms with Gasteiger partial charge in [-0.2, -0.15) is 0 Å². The zero-order valence-corrected chi connectivity index (χ0v) is 43.6. The maximum atomic E-state index is 11.9. The lowest BCUT2D eigenvalue weighted by molar-refractivity contribution is -0.140. The van der Waals surface area contributed by atoms with Gasteiger partial charge in [-0.3, -0.25) is 4.99 Å². The number of thiophene rings is 2. The van der Waals surface area contributed by atoms with E-state index in [0.717, 1.165) is 84.5 Å². The van der Waals surface area contributed by atoms with E-state index in [1.165, 1.54) is 0 Å². The van der Waals surface area contributed by atoms with E-state index in [1.54, 1.807) is 50.0 Å². The van der Waals surface area contributed by atoms with Crippen molar-refractivity contribution < 1.29 is 47.4 Å². The number of nitrogens with zero attached hydrogens (tertiary/aromatic N) is 3. The summed E-state index contributed by atoms with van der Waals surface area (Å²) in [6.07, 6.45) is 5.99. The maximum absolute atomic E-state index is 11.9. The van der Waals surface area contributed by atoms with E-state index in [0.29, 0.717) is 90.5 Å². The first-order chi connectivity index (χ1) is 34.1. The van der Waals surface area contributed by atoms with Gasteiger partial charge in [-0.25, -0.2) is 4.79 Å². The third-order valence-corrected chi connectivity index (χ3v) is 13.0. The molecule has 0 unspecified atom stereocenters. The summed E-state index contributed by atoms with van der Waals surface area (Å²) >= 11 is 3.32. The highest BCUT2D eigenvalue weighted by atomic mass is 32.1. The minimum absolute atomic E-state index is 0.233. The first-order valence-electron chi connectivity index (χ1n) is 23.8. The Morgan fingerprint density at radius 1 is 0.743 bits per heavy atom. The number of anilines is 2. The third kappa shape index (κ3) is 18.7.